The molecular weight excluding hydrogens is 437 g/mol. The van der Waals surface area contributed by atoms with Crippen molar-refractivity contribution in [2.45, 2.75) is 52.1 Å². The molecule has 178 valence electrons. The summed E-state index contributed by atoms with van der Waals surface area (Å²) in [5.41, 5.74) is 5.29. The normalized spacial score (nSPS) is 15.3. The fraction of sp³-hybridized carbons (Fsp3) is 0.267. The minimum absolute atomic E-state index is 0.0858. The molecule has 1 aliphatic rings. The van der Waals surface area contributed by atoms with Gasteiger partial charge >= 0.3 is 0 Å². The number of benzene rings is 3. The standard InChI is InChI=1S/C30H30FN3O/c1-3-34-28(30(35)32-26-16-10-8-12-21-11-7-9-15-23(21)26)27(24-18-17-20(2)19-25(24)31)33-29(34)22-13-5-4-6-14-22/h4-7,9,11,13-15,17-19,26H,3,8,10,12,16H2,1-2H3,(H,32,35). The second-order valence-electron chi connectivity index (χ2n) is 9.20. The summed E-state index contributed by atoms with van der Waals surface area (Å²) in [6, 6.07) is 23.1. The predicted octanol–water partition coefficient (Wildman–Crippen LogP) is 6.88. The van der Waals surface area contributed by atoms with Crippen LogP contribution in [0, 0.1) is 12.7 Å². The third-order valence-corrected chi connectivity index (χ3v) is 6.84. The monoisotopic (exact) mass is 467 g/mol. The van der Waals surface area contributed by atoms with Crippen LogP contribution >= 0.6 is 0 Å². The number of halogens is 1. The number of carbonyl (C=O) groups excluding carboxylic acids is 1. The van der Waals surface area contributed by atoms with E-state index in [1.807, 2.05) is 60.9 Å². The number of amides is 1. The molecule has 0 fully saturated rings. The average molecular weight is 468 g/mol. The molecule has 1 N–H and O–H groups in total. The molecule has 0 saturated carbocycles. The number of hydrogen-bond acceptors (Lipinski definition) is 2. The molecule has 3 aromatic carbocycles. The van der Waals surface area contributed by atoms with Crippen molar-refractivity contribution in [2.75, 3.05) is 0 Å². The molecule has 4 aromatic rings. The van der Waals surface area contributed by atoms with Gasteiger partial charge in [-0.25, -0.2) is 9.37 Å². The molecule has 1 aliphatic carbocycles. The van der Waals surface area contributed by atoms with E-state index in [0.717, 1.165) is 36.8 Å². The minimum Gasteiger partial charge on any atom is -0.344 e. The zero-order chi connectivity index (χ0) is 24.4. The highest BCUT2D eigenvalue weighted by Crippen LogP contribution is 2.33. The van der Waals surface area contributed by atoms with Crippen LogP contribution in [0.2, 0.25) is 0 Å². The molecule has 1 heterocycles. The average Bonchev–Trinajstić information content (AvgIpc) is 3.14. The first-order valence-electron chi connectivity index (χ1n) is 12.4. The predicted molar refractivity (Wildman–Crippen MR) is 138 cm³/mol. The first kappa shape index (κ1) is 23.0. The van der Waals surface area contributed by atoms with Crippen LogP contribution in [0.4, 0.5) is 4.39 Å². The van der Waals surface area contributed by atoms with Gasteiger partial charge in [-0.2, -0.15) is 0 Å². The zero-order valence-electron chi connectivity index (χ0n) is 20.2. The molecule has 1 unspecified atom stereocenters. The van der Waals surface area contributed by atoms with E-state index in [2.05, 4.69) is 23.5 Å². The molecule has 0 radical (unpaired) electrons. The lowest BCUT2D eigenvalue weighted by molar-refractivity contribution is 0.0926. The largest absolute Gasteiger partial charge is 0.344 e. The molecule has 0 saturated heterocycles. The Hall–Kier alpha value is -3.73. The third-order valence-electron chi connectivity index (χ3n) is 6.84. The number of carbonyl (C=O) groups is 1. The quantitative estimate of drug-likeness (QED) is 0.325. The van der Waals surface area contributed by atoms with E-state index in [1.165, 1.54) is 17.2 Å². The number of imidazole rings is 1. The Morgan fingerprint density at radius 3 is 2.60 bits per heavy atom. The molecule has 35 heavy (non-hydrogen) atoms. The number of aromatic nitrogens is 2. The van der Waals surface area contributed by atoms with Gasteiger partial charge < -0.3 is 9.88 Å². The molecule has 5 heteroatoms. The van der Waals surface area contributed by atoms with E-state index >= 15 is 4.39 Å². The number of rotatable bonds is 5. The lowest BCUT2D eigenvalue weighted by atomic mass is 9.99. The number of nitrogens with zero attached hydrogens (tertiary/aromatic N) is 2. The Morgan fingerprint density at radius 2 is 1.83 bits per heavy atom. The lowest BCUT2D eigenvalue weighted by Gasteiger charge is -2.20. The van der Waals surface area contributed by atoms with Crippen molar-refractivity contribution in [3.05, 3.63) is 101 Å². The lowest BCUT2D eigenvalue weighted by Crippen LogP contribution is -2.31. The third kappa shape index (κ3) is 4.51. The zero-order valence-corrected chi connectivity index (χ0v) is 20.2. The summed E-state index contributed by atoms with van der Waals surface area (Å²) in [7, 11) is 0. The second-order valence-corrected chi connectivity index (χ2v) is 9.20. The Bertz CT molecular complexity index is 1360. The van der Waals surface area contributed by atoms with Crippen LogP contribution in [-0.2, 0) is 13.0 Å². The van der Waals surface area contributed by atoms with Crippen molar-refractivity contribution >= 4 is 5.91 Å². The van der Waals surface area contributed by atoms with Crippen molar-refractivity contribution < 1.29 is 9.18 Å². The van der Waals surface area contributed by atoms with Gasteiger partial charge in [0.2, 0.25) is 0 Å². The molecule has 1 atom stereocenters. The summed E-state index contributed by atoms with van der Waals surface area (Å²) in [5.74, 6) is 0.0620. The number of aryl methyl sites for hydroxylation is 2. The van der Waals surface area contributed by atoms with Gasteiger partial charge in [0.05, 0.1) is 6.04 Å². The molecule has 5 rings (SSSR count). The van der Waals surface area contributed by atoms with Crippen LogP contribution in [0.15, 0.2) is 72.8 Å². The van der Waals surface area contributed by atoms with E-state index in [9.17, 15) is 4.79 Å². The molecule has 1 amide bonds. The van der Waals surface area contributed by atoms with Crippen molar-refractivity contribution in [1.82, 2.24) is 14.9 Å². The summed E-state index contributed by atoms with van der Waals surface area (Å²) in [6.45, 7) is 4.37. The van der Waals surface area contributed by atoms with Crippen molar-refractivity contribution in [3.63, 3.8) is 0 Å². The SMILES string of the molecule is CCn1c(-c2ccccc2)nc(-c2ccc(C)cc2F)c1C(=O)NC1CCCCc2ccccc21. The Kier molecular flexibility index (Phi) is 6.49. The van der Waals surface area contributed by atoms with Gasteiger partial charge in [0.25, 0.3) is 5.91 Å². The van der Waals surface area contributed by atoms with Gasteiger partial charge in [-0.1, -0.05) is 67.1 Å². The first-order valence-corrected chi connectivity index (χ1v) is 12.4. The topological polar surface area (TPSA) is 46.9 Å². The molecule has 0 spiro atoms. The summed E-state index contributed by atoms with van der Waals surface area (Å²) in [4.78, 5) is 18.8. The number of hydrogen-bond donors (Lipinski definition) is 1. The van der Waals surface area contributed by atoms with Crippen LogP contribution in [0.3, 0.4) is 0 Å². The fourth-order valence-electron chi connectivity index (χ4n) is 5.10. The first-order chi connectivity index (χ1) is 17.1. The van der Waals surface area contributed by atoms with Gasteiger partial charge in [0, 0.05) is 17.7 Å². The van der Waals surface area contributed by atoms with Gasteiger partial charge in [-0.05, 0) is 61.9 Å². The number of nitrogens with one attached hydrogen (secondary N) is 1. The van der Waals surface area contributed by atoms with Gasteiger partial charge in [-0.15, -0.1) is 0 Å². The van der Waals surface area contributed by atoms with Crippen LogP contribution < -0.4 is 5.32 Å². The highest BCUT2D eigenvalue weighted by atomic mass is 19.1. The van der Waals surface area contributed by atoms with Crippen LogP contribution in [0.5, 0.6) is 0 Å². The van der Waals surface area contributed by atoms with Crippen LogP contribution in [-0.4, -0.2) is 15.5 Å². The summed E-state index contributed by atoms with van der Waals surface area (Å²) >= 11 is 0. The smallest absolute Gasteiger partial charge is 0.270 e. The fourth-order valence-corrected chi connectivity index (χ4v) is 5.10. The van der Waals surface area contributed by atoms with E-state index in [0.29, 0.717) is 29.3 Å². The van der Waals surface area contributed by atoms with E-state index < -0.39 is 0 Å². The van der Waals surface area contributed by atoms with E-state index in [1.54, 1.807) is 6.07 Å². The molecular formula is C30H30FN3O. The number of fused-ring (bicyclic) bond motifs is 1. The summed E-state index contributed by atoms with van der Waals surface area (Å²) < 4.78 is 17.1. The van der Waals surface area contributed by atoms with Crippen molar-refractivity contribution in [3.8, 4) is 22.6 Å². The maximum atomic E-state index is 15.2. The molecule has 4 nitrogen and oxygen atoms in total. The maximum Gasteiger partial charge on any atom is 0.270 e. The van der Waals surface area contributed by atoms with Gasteiger partial charge in [0.15, 0.2) is 0 Å². The minimum atomic E-state index is -0.376. The molecule has 0 bridgehead atoms. The molecule has 1 aromatic heterocycles. The summed E-state index contributed by atoms with van der Waals surface area (Å²) in [5, 5.41) is 3.29. The van der Waals surface area contributed by atoms with E-state index in [4.69, 9.17) is 4.98 Å². The Labute approximate surface area is 205 Å². The van der Waals surface area contributed by atoms with Gasteiger partial charge in [0.1, 0.15) is 23.0 Å². The highest BCUT2D eigenvalue weighted by molar-refractivity contribution is 6.00. The Balaban J connectivity index is 1.63. The van der Waals surface area contributed by atoms with Gasteiger partial charge in [-0.3, -0.25) is 4.79 Å². The van der Waals surface area contributed by atoms with Crippen molar-refractivity contribution in [2.24, 2.45) is 0 Å². The molecule has 0 aliphatic heterocycles. The highest BCUT2D eigenvalue weighted by Gasteiger charge is 2.28. The van der Waals surface area contributed by atoms with Crippen molar-refractivity contribution in [1.29, 1.82) is 0 Å². The summed E-state index contributed by atoms with van der Waals surface area (Å²) in [6.07, 6.45) is 4.05. The second kappa shape index (κ2) is 9.87. The van der Waals surface area contributed by atoms with E-state index in [-0.39, 0.29) is 17.8 Å². The van der Waals surface area contributed by atoms with Crippen LogP contribution in [0.1, 0.15) is 59.4 Å². The van der Waals surface area contributed by atoms with Crippen LogP contribution in [0.25, 0.3) is 22.6 Å². The maximum absolute atomic E-state index is 15.2. The Morgan fingerprint density at radius 1 is 1.06 bits per heavy atom.